The summed E-state index contributed by atoms with van der Waals surface area (Å²) in [6.07, 6.45) is 0.212. The molecule has 35 heavy (non-hydrogen) atoms. The number of ether oxygens (including phenoxy) is 2. The van der Waals surface area contributed by atoms with Crippen LogP contribution in [-0.2, 0) is 20.7 Å². The highest BCUT2D eigenvalue weighted by atomic mass is 79.9. The smallest absolute Gasteiger partial charge is 0.308 e. The van der Waals surface area contributed by atoms with Crippen molar-refractivity contribution >= 4 is 51.0 Å². The van der Waals surface area contributed by atoms with Gasteiger partial charge in [0.1, 0.15) is 11.8 Å². The van der Waals surface area contributed by atoms with Gasteiger partial charge in [-0.25, -0.2) is 0 Å². The van der Waals surface area contributed by atoms with Gasteiger partial charge in [0.2, 0.25) is 5.91 Å². The molecule has 10 heteroatoms. The number of esters is 1. The number of rotatable bonds is 8. The van der Waals surface area contributed by atoms with E-state index in [4.69, 9.17) is 21.7 Å². The fraction of sp³-hybridized carbons (Fsp3) is 0.360. The number of hydrogen-bond acceptors (Lipinski definition) is 6. The lowest BCUT2D eigenvalue weighted by Gasteiger charge is -2.36. The molecule has 1 heterocycles. The monoisotopic (exact) mass is 561 g/mol. The van der Waals surface area contributed by atoms with Crippen molar-refractivity contribution in [2.24, 2.45) is 0 Å². The van der Waals surface area contributed by atoms with E-state index in [1.165, 1.54) is 0 Å². The molecule has 2 N–H and O–H groups in total. The van der Waals surface area contributed by atoms with Crippen LogP contribution in [0.1, 0.15) is 36.2 Å². The average molecular weight is 562 g/mol. The zero-order valence-corrected chi connectivity index (χ0v) is 22.0. The van der Waals surface area contributed by atoms with Crippen molar-refractivity contribution in [1.82, 2.24) is 15.5 Å². The highest BCUT2D eigenvalue weighted by Crippen LogP contribution is 2.24. The third-order valence-corrected chi connectivity index (χ3v) is 6.05. The van der Waals surface area contributed by atoms with E-state index in [9.17, 15) is 14.4 Å². The minimum Gasteiger partial charge on any atom is -0.492 e. The number of piperazine rings is 1. The van der Waals surface area contributed by atoms with Crippen LogP contribution in [0.4, 0.5) is 0 Å². The highest BCUT2D eigenvalue weighted by Gasteiger charge is 2.34. The Kier molecular flexibility index (Phi) is 9.62. The van der Waals surface area contributed by atoms with Gasteiger partial charge >= 0.3 is 5.97 Å². The maximum absolute atomic E-state index is 13.1. The van der Waals surface area contributed by atoms with Crippen LogP contribution < -0.4 is 15.4 Å². The Morgan fingerprint density at radius 1 is 1.23 bits per heavy atom. The van der Waals surface area contributed by atoms with Gasteiger partial charge in [0.25, 0.3) is 5.91 Å². The summed E-state index contributed by atoms with van der Waals surface area (Å²) in [5, 5.41) is 5.48. The first-order valence-corrected chi connectivity index (χ1v) is 12.5. The van der Waals surface area contributed by atoms with Crippen LogP contribution >= 0.6 is 28.1 Å². The number of thiocarbonyl (C=S) groups is 1. The standard InChI is InChI=1S/C25H28BrN3O5S/c1-16(2)34-22(30)15-20-24(32)27-11-12-29(20)25(35)28-23(31)19-14-18(26)8-9-21(19)33-13-10-17-6-4-3-5-7-17/h3-9,14,16,20H,10-13,15H2,1-2H3,(H,27,32)(H,28,31,35). The molecule has 2 aromatic carbocycles. The summed E-state index contributed by atoms with van der Waals surface area (Å²) in [6.45, 7) is 4.55. The Bertz CT molecular complexity index is 1080. The fourth-order valence-corrected chi connectivity index (χ4v) is 4.27. The maximum atomic E-state index is 13.1. The van der Waals surface area contributed by atoms with Crippen molar-refractivity contribution in [2.45, 2.75) is 38.8 Å². The van der Waals surface area contributed by atoms with Gasteiger partial charge in [-0.05, 0) is 49.8 Å². The van der Waals surface area contributed by atoms with E-state index in [-0.39, 0.29) is 23.5 Å². The van der Waals surface area contributed by atoms with E-state index in [0.717, 1.165) is 5.56 Å². The normalized spacial score (nSPS) is 15.4. The molecule has 1 atom stereocenters. The predicted octanol–water partition coefficient (Wildman–Crippen LogP) is 3.23. The SMILES string of the molecule is CC(C)OC(=O)CC1C(=O)NCCN1C(=S)NC(=O)c1cc(Br)ccc1OCCc1ccccc1. The molecular weight excluding hydrogens is 534 g/mol. The van der Waals surface area contributed by atoms with Gasteiger partial charge in [-0.1, -0.05) is 46.3 Å². The minimum atomic E-state index is -0.869. The highest BCUT2D eigenvalue weighted by molar-refractivity contribution is 9.10. The number of amides is 2. The van der Waals surface area contributed by atoms with Gasteiger partial charge in [0, 0.05) is 24.0 Å². The number of carbonyl (C=O) groups excluding carboxylic acids is 3. The van der Waals surface area contributed by atoms with Crippen LogP contribution in [-0.4, -0.2) is 59.6 Å². The van der Waals surface area contributed by atoms with Crippen molar-refractivity contribution in [3.63, 3.8) is 0 Å². The molecule has 0 radical (unpaired) electrons. The summed E-state index contributed by atoms with van der Waals surface area (Å²) in [7, 11) is 0. The van der Waals surface area contributed by atoms with Gasteiger partial charge < -0.3 is 19.7 Å². The van der Waals surface area contributed by atoms with Crippen LogP contribution in [0.15, 0.2) is 53.0 Å². The van der Waals surface area contributed by atoms with Gasteiger partial charge in [0.05, 0.1) is 24.7 Å². The van der Waals surface area contributed by atoms with Crippen LogP contribution in [0.25, 0.3) is 0 Å². The van der Waals surface area contributed by atoms with Gasteiger partial charge in [0.15, 0.2) is 5.11 Å². The van der Waals surface area contributed by atoms with E-state index < -0.39 is 17.9 Å². The third-order valence-electron chi connectivity index (χ3n) is 5.22. The van der Waals surface area contributed by atoms with E-state index >= 15 is 0 Å². The first-order chi connectivity index (χ1) is 16.7. The van der Waals surface area contributed by atoms with E-state index in [2.05, 4.69) is 26.6 Å². The van der Waals surface area contributed by atoms with Crippen molar-refractivity contribution < 1.29 is 23.9 Å². The molecule has 186 valence electrons. The molecule has 1 fully saturated rings. The van der Waals surface area contributed by atoms with Gasteiger partial charge in [-0.3, -0.25) is 19.7 Å². The van der Waals surface area contributed by atoms with E-state index in [1.807, 2.05) is 30.3 Å². The summed E-state index contributed by atoms with van der Waals surface area (Å²) in [5.74, 6) is -0.915. The van der Waals surface area contributed by atoms with Crippen molar-refractivity contribution in [2.75, 3.05) is 19.7 Å². The Balaban J connectivity index is 1.68. The first kappa shape index (κ1) is 26.6. The molecule has 0 aliphatic carbocycles. The topological polar surface area (TPSA) is 97.0 Å². The van der Waals surface area contributed by atoms with Crippen LogP contribution in [0.5, 0.6) is 5.75 Å². The molecule has 0 bridgehead atoms. The number of halogens is 1. The van der Waals surface area contributed by atoms with Crippen LogP contribution in [0.3, 0.4) is 0 Å². The fourth-order valence-electron chi connectivity index (χ4n) is 3.59. The van der Waals surface area contributed by atoms with E-state index in [0.29, 0.717) is 41.9 Å². The molecule has 1 aliphatic rings. The van der Waals surface area contributed by atoms with E-state index in [1.54, 1.807) is 36.9 Å². The third kappa shape index (κ3) is 7.76. The molecule has 1 saturated heterocycles. The van der Waals surface area contributed by atoms with Crippen LogP contribution in [0.2, 0.25) is 0 Å². The Labute approximate surface area is 218 Å². The minimum absolute atomic E-state index is 0.0578. The quantitative estimate of drug-likeness (QED) is 0.377. The lowest BCUT2D eigenvalue weighted by molar-refractivity contribution is -0.150. The largest absolute Gasteiger partial charge is 0.492 e. The Morgan fingerprint density at radius 3 is 2.69 bits per heavy atom. The Morgan fingerprint density at radius 2 is 1.97 bits per heavy atom. The molecule has 8 nitrogen and oxygen atoms in total. The molecule has 2 amide bonds. The van der Waals surface area contributed by atoms with Crippen molar-refractivity contribution in [1.29, 1.82) is 0 Å². The molecule has 3 rings (SSSR count). The average Bonchev–Trinajstić information content (AvgIpc) is 2.81. The number of carbonyl (C=O) groups is 3. The summed E-state index contributed by atoms with van der Waals surface area (Å²) in [6, 6.07) is 14.2. The molecule has 0 spiro atoms. The summed E-state index contributed by atoms with van der Waals surface area (Å²) >= 11 is 8.85. The lowest BCUT2D eigenvalue weighted by Crippen LogP contribution is -2.60. The van der Waals surface area contributed by atoms with Crippen LogP contribution in [0, 0.1) is 0 Å². The summed E-state index contributed by atoms with van der Waals surface area (Å²) < 4.78 is 11.8. The van der Waals surface area contributed by atoms with Crippen molar-refractivity contribution in [3.8, 4) is 5.75 Å². The lowest BCUT2D eigenvalue weighted by atomic mass is 10.1. The summed E-state index contributed by atoms with van der Waals surface area (Å²) in [5.41, 5.74) is 1.43. The molecule has 1 unspecified atom stereocenters. The zero-order chi connectivity index (χ0) is 25.4. The molecular formula is C25H28BrN3O5S. The van der Waals surface area contributed by atoms with Gasteiger partial charge in [-0.15, -0.1) is 0 Å². The second kappa shape index (κ2) is 12.6. The maximum Gasteiger partial charge on any atom is 0.308 e. The summed E-state index contributed by atoms with van der Waals surface area (Å²) in [4.78, 5) is 39.3. The first-order valence-electron chi connectivity index (χ1n) is 11.3. The number of nitrogens with zero attached hydrogens (tertiary/aromatic N) is 1. The molecule has 0 saturated carbocycles. The molecule has 0 aromatic heterocycles. The van der Waals surface area contributed by atoms with Gasteiger partial charge in [-0.2, -0.15) is 0 Å². The number of nitrogens with one attached hydrogen (secondary N) is 2. The zero-order valence-electron chi connectivity index (χ0n) is 19.6. The predicted molar refractivity (Wildman–Crippen MR) is 139 cm³/mol. The molecule has 2 aromatic rings. The number of benzene rings is 2. The number of hydrogen-bond donors (Lipinski definition) is 2. The second-order valence-corrected chi connectivity index (χ2v) is 9.53. The van der Waals surface area contributed by atoms with Crippen molar-refractivity contribution in [3.05, 3.63) is 64.1 Å². The molecule has 1 aliphatic heterocycles. The Hall–Kier alpha value is -2.98. The second-order valence-electron chi connectivity index (χ2n) is 8.23.